The minimum Gasteiger partial charge on any atom is -0.0654 e. The summed E-state index contributed by atoms with van der Waals surface area (Å²) in [6.07, 6.45) is 16.6. The summed E-state index contributed by atoms with van der Waals surface area (Å²) >= 11 is 0. The minimum absolute atomic E-state index is 0.835. The summed E-state index contributed by atoms with van der Waals surface area (Å²) in [6, 6.07) is 0. The number of unbranched alkanes of at least 4 members (excludes halogenated alkanes) is 4. The fourth-order valence-electron chi connectivity index (χ4n) is 2.40. The third-order valence-electron chi connectivity index (χ3n) is 3.57. The van der Waals surface area contributed by atoms with Gasteiger partial charge in [0.1, 0.15) is 0 Å². The van der Waals surface area contributed by atoms with Crippen LogP contribution in [0.5, 0.6) is 0 Å². The summed E-state index contributed by atoms with van der Waals surface area (Å²) in [5, 5.41) is 0. The van der Waals surface area contributed by atoms with E-state index in [1.165, 1.54) is 64.2 Å². The van der Waals surface area contributed by atoms with Crippen LogP contribution in [0.2, 0.25) is 0 Å². The topological polar surface area (TPSA) is 0 Å². The third kappa shape index (κ3) is 12.2. The maximum absolute atomic E-state index is 2.55. The number of hydrogen-bond donors (Lipinski definition) is 0. The molecule has 0 spiro atoms. The molecule has 0 aromatic rings. The van der Waals surface area contributed by atoms with Crippen molar-refractivity contribution in [3.63, 3.8) is 0 Å². The van der Waals surface area contributed by atoms with Crippen molar-refractivity contribution in [2.24, 2.45) is 11.8 Å². The largest absolute Gasteiger partial charge is 0.0654 e. The van der Waals surface area contributed by atoms with E-state index in [2.05, 4.69) is 34.1 Å². The number of rotatable bonds is 12. The van der Waals surface area contributed by atoms with Gasteiger partial charge in [-0.3, -0.25) is 0 Å². The van der Waals surface area contributed by atoms with Gasteiger partial charge in [0.25, 0.3) is 0 Å². The van der Waals surface area contributed by atoms with E-state index < -0.39 is 0 Å². The Hall–Kier alpha value is 0. The SMILES string of the molecule is CCCCCCC(C[CH]CC(C)C)CCCC. The Balaban J connectivity index is 3.63. The molecule has 0 fully saturated rings. The Bertz CT molecular complexity index is 137. The van der Waals surface area contributed by atoms with Crippen molar-refractivity contribution in [3.05, 3.63) is 6.42 Å². The molecule has 0 aromatic heterocycles. The van der Waals surface area contributed by atoms with Gasteiger partial charge < -0.3 is 0 Å². The summed E-state index contributed by atoms with van der Waals surface area (Å²) < 4.78 is 0. The lowest BCUT2D eigenvalue weighted by molar-refractivity contribution is 0.399. The zero-order valence-corrected chi connectivity index (χ0v) is 12.8. The second-order valence-corrected chi connectivity index (χ2v) is 6.01. The molecule has 1 atom stereocenters. The highest BCUT2D eigenvalue weighted by Gasteiger charge is 2.08. The average molecular weight is 239 g/mol. The van der Waals surface area contributed by atoms with Crippen LogP contribution in [0.4, 0.5) is 0 Å². The summed E-state index contributed by atoms with van der Waals surface area (Å²) in [5.41, 5.74) is 0. The molecule has 0 bridgehead atoms. The van der Waals surface area contributed by atoms with Gasteiger partial charge in [-0.15, -0.1) is 0 Å². The van der Waals surface area contributed by atoms with Crippen LogP contribution in [-0.4, -0.2) is 0 Å². The van der Waals surface area contributed by atoms with E-state index in [-0.39, 0.29) is 0 Å². The summed E-state index contributed by atoms with van der Waals surface area (Å²) in [6.45, 7) is 9.24. The molecule has 0 aliphatic rings. The third-order valence-corrected chi connectivity index (χ3v) is 3.57. The zero-order valence-electron chi connectivity index (χ0n) is 12.8. The standard InChI is InChI=1S/C17H35/c1-5-7-9-10-14-17(13-8-6-2)15-11-12-16(3)4/h11,16-17H,5-10,12-15H2,1-4H3. The van der Waals surface area contributed by atoms with E-state index in [0.29, 0.717) is 0 Å². The second-order valence-electron chi connectivity index (χ2n) is 6.01. The molecule has 17 heavy (non-hydrogen) atoms. The molecule has 1 unspecified atom stereocenters. The smallest absolute Gasteiger partial charge is 0.0381 e. The Morgan fingerprint density at radius 3 is 2.00 bits per heavy atom. The van der Waals surface area contributed by atoms with Crippen LogP contribution in [0.15, 0.2) is 0 Å². The van der Waals surface area contributed by atoms with E-state index in [1.54, 1.807) is 0 Å². The van der Waals surface area contributed by atoms with Gasteiger partial charge in [-0.2, -0.15) is 0 Å². The van der Waals surface area contributed by atoms with Gasteiger partial charge in [-0.1, -0.05) is 79.1 Å². The molecule has 0 saturated heterocycles. The summed E-state index contributed by atoms with van der Waals surface area (Å²) in [5.74, 6) is 1.81. The lowest BCUT2D eigenvalue weighted by Gasteiger charge is -2.17. The second kappa shape index (κ2) is 12.5. The van der Waals surface area contributed by atoms with Crippen LogP contribution in [0, 0.1) is 18.3 Å². The minimum atomic E-state index is 0.835. The summed E-state index contributed by atoms with van der Waals surface area (Å²) in [4.78, 5) is 0. The highest BCUT2D eigenvalue weighted by Crippen LogP contribution is 2.23. The Labute approximate surface area is 111 Å². The van der Waals surface area contributed by atoms with Crippen LogP contribution < -0.4 is 0 Å². The molecule has 103 valence electrons. The van der Waals surface area contributed by atoms with Gasteiger partial charge in [0.15, 0.2) is 0 Å². The van der Waals surface area contributed by atoms with E-state index in [0.717, 1.165) is 11.8 Å². The predicted molar refractivity (Wildman–Crippen MR) is 80.1 cm³/mol. The molecule has 0 aromatic carbocycles. The molecule has 0 aliphatic carbocycles. The molecule has 0 rings (SSSR count). The Morgan fingerprint density at radius 2 is 1.41 bits per heavy atom. The van der Waals surface area contributed by atoms with Crippen molar-refractivity contribution in [3.8, 4) is 0 Å². The molecule has 0 heterocycles. The van der Waals surface area contributed by atoms with Crippen LogP contribution in [-0.2, 0) is 0 Å². The van der Waals surface area contributed by atoms with Crippen LogP contribution in [0.3, 0.4) is 0 Å². The monoisotopic (exact) mass is 239 g/mol. The van der Waals surface area contributed by atoms with E-state index in [9.17, 15) is 0 Å². The molecule has 0 N–H and O–H groups in total. The first-order valence-electron chi connectivity index (χ1n) is 8.02. The first-order valence-corrected chi connectivity index (χ1v) is 8.02. The maximum Gasteiger partial charge on any atom is -0.0381 e. The van der Waals surface area contributed by atoms with E-state index in [4.69, 9.17) is 0 Å². The van der Waals surface area contributed by atoms with E-state index >= 15 is 0 Å². The molecule has 0 aliphatic heterocycles. The fourth-order valence-corrected chi connectivity index (χ4v) is 2.40. The lowest BCUT2D eigenvalue weighted by Crippen LogP contribution is -2.02. The molecule has 0 saturated carbocycles. The van der Waals surface area contributed by atoms with Crippen LogP contribution >= 0.6 is 0 Å². The highest BCUT2D eigenvalue weighted by atomic mass is 14.1. The van der Waals surface area contributed by atoms with Crippen molar-refractivity contribution in [1.82, 2.24) is 0 Å². The first kappa shape index (κ1) is 17.0. The van der Waals surface area contributed by atoms with Crippen molar-refractivity contribution in [2.45, 2.75) is 91.9 Å². The van der Waals surface area contributed by atoms with Crippen molar-refractivity contribution in [2.75, 3.05) is 0 Å². The lowest BCUT2D eigenvalue weighted by atomic mass is 9.89. The van der Waals surface area contributed by atoms with Crippen molar-refractivity contribution < 1.29 is 0 Å². The molecular formula is C17H35. The quantitative estimate of drug-likeness (QED) is 0.345. The Kier molecular flexibility index (Phi) is 12.5. The normalized spacial score (nSPS) is 13.2. The van der Waals surface area contributed by atoms with Gasteiger partial charge in [0, 0.05) is 0 Å². The Morgan fingerprint density at radius 1 is 0.765 bits per heavy atom. The zero-order chi connectivity index (χ0) is 12.9. The van der Waals surface area contributed by atoms with Gasteiger partial charge in [0.2, 0.25) is 0 Å². The van der Waals surface area contributed by atoms with Crippen molar-refractivity contribution in [1.29, 1.82) is 0 Å². The average Bonchev–Trinajstić information content (AvgIpc) is 2.30. The molecule has 0 nitrogen and oxygen atoms in total. The van der Waals surface area contributed by atoms with Gasteiger partial charge >= 0.3 is 0 Å². The number of hydrogen-bond acceptors (Lipinski definition) is 0. The molecule has 0 heteroatoms. The van der Waals surface area contributed by atoms with Gasteiger partial charge in [-0.05, 0) is 31.1 Å². The molecule has 0 amide bonds. The van der Waals surface area contributed by atoms with Crippen LogP contribution in [0.25, 0.3) is 0 Å². The highest BCUT2D eigenvalue weighted by molar-refractivity contribution is 4.73. The van der Waals surface area contributed by atoms with Gasteiger partial charge in [0.05, 0.1) is 0 Å². The molecular weight excluding hydrogens is 204 g/mol. The van der Waals surface area contributed by atoms with Gasteiger partial charge in [-0.25, -0.2) is 0 Å². The van der Waals surface area contributed by atoms with Crippen LogP contribution in [0.1, 0.15) is 91.9 Å². The molecule has 1 radical (unpaired) electrons. The maximum atomic E-state index is 2.55. The first-order chi connectivity index (χ1) is 8.20. The van der Waals surface area contributed by atoms with E-state index in [1.807, 2.05) is 0 Å². The predicted octanol–water partition coefficient (Wildman–Crippen LogP) is 6.40. The fraction of sp³-hybridized carbons (Fsp3) is 0.941. The summed E-state index contributed by atoms with van der Waals surface area (Å²) in [7, 11) is 0. The van der Waals surface area contributed by atoms with Crippen molar-refractivity contribution >= 4 is 0 Å².